The van der Waals surface area contributed by atoms with Gasteiger partial charge in [0.25, 0.3) is 0 Å². The van der Waals surface area contributed by atoms with Gasteiger partial charge in [-0.15, -0.1) is 0 Å². The lowest BCUT2D eigenvalue weighted by Crippen LogP contribution is -2.08. The fourth-order valence-corrected chi connectivity index (χ4v) is 2.44. The molecule has 0 spiro atoms. The number of aromatic carboxylic acids is 1. The van der Waals surface area contributed by atoms with Crippen LogP contribution in [0.15, 0.2) is 42.5 Å². The maximum atomic E-state index is 12.7. The van der Waals surface area contributed by atoms with E-state index in [1.54, 1.807) is 12.1 Å². The van der Waals surface area contributed by atoms with Crippen molar-refractivity contribution in [2.45, 2.75) is 26.4 Å². The Morgan fingerprint density at radius 3 is 2.17 bits per heavy atom. The second kappa shape index (κ2) is 6.44. The Hall–Kier alpha value is -2.30. The second-order valence-corrected chi connectivity index (χ2v) is 5.86. The fourth-order valence-electron chi connectivity index (χ4n) is 2.44. The lowest BCUT2D eigenvalue weighted by atomic mass is 9.95. The first-order chi connectivity index (χ1) is 10.7. The smallest absolute Gasteiger partial charge is 0.416 e. The average Bonchev–Trinajstić information content (AvgIpc) is 2.46. The third-order valence-electron chi connectivity index (χ3n) is 3.49. The van der Waals surface area contributed by atoms with Crippen molar-refractivity contribution in [3.63, 3.8) is 0 Å². The molecular weight excluding hydrogens is 305 g/mol. The number of rotatable bonds is 4. The molecule has 0 fully saturated rings. The predicted octanol–water partition coefficient (Wildman–Crippen LogP) is 5.27. The third-order valence-corrected chi connectivity index (χ3v) is 3.49. The van der Waals surface area contributed by atoms with E-state index in [-0.39, 0.29) is 11.1 Å². The second-order valence-electron chi connectivity index (χ2n) is 5.86. The van der Waals surface area contributed by atoms with Crippen molar-refractivity contribution in [3.05, 3.63) is 59.2 Å². The van der Waals surface area contributed by atoms with Gasteiger partial charge in [0.2, 0.25) is 0 Å². The number of halogens is 3. The van der Waals surface area contributed by atoms with Crippen LogP contribution in [0.3, 0.4) is 0 Å². The molecule has 2 nitrogen and oxygen atoms in total. The van der Waals surface area contributed by atoms with Gasteiger partial charge in [0.15, 0.2) is 0 Å². The van der Waals surface area contributed by atoms with E-state index in [0.29, 0.717) is 17.5 Å². The zero-order chi connectivity index (χ0) is 17.2. The van der Waals surface area contributed by atoms with E-state index >= 15 is 0 Å². The molecule has 23 heavy (non-hydrogen) atoms. The van der Waals surface area contributed by atoms with E-state index in [1.807, 2.05) is 12.1 Å². The molecule has 2 rings (SSSR count). The summed E-state index contributed by atoms with van der Waals surface area (Å²) in [6, 6.07) is 10.0. The summed E-state index contributed by atoms with van der Waals surface area (Å²) in [6.07, 6.45) is -3.68. The minimum Gasteiger partial charge on any atom is -0.478 e. The molecule has 2 aromatic rings. The highest BCUT2D eigenvalue weighted by Gasteiger charge is 2.31. The topological polar surface area (TPSA) is 37.3 Å². The molecule has 1 N–H and O–H groups in total. The van der Waals surface area contributed by atoms with Gasteiger partial charge in [-0.1, -0.05) is 44.2 Å². The minimum atomic E-state index is -4.57. The van der Waals surface area contributed by atoms with Crippen molar-refractivity contribution in [1.29, 1.82) is 0 Å². The van der Waals surface area contributed by atoms with Crippen LogP contribution in [0, 0.1) is 5.92 Å². The Kier molecular flexibility index (Phi) is 4.78. The van der Waals surface area contributed by atoms with Gasteiger partial charge in [0.05, 0.1) is 11.1 Å². The first kappa shape index (κ1) is 17.1. The quantitative estimate of drug-likeness (QED) is 0.832. The molecule has 2 aromatic carbocycles. The van der Waals surface area contributed by atoms with Crippen molar-refractivity contribution in [3.8, 4) is 11.1 Å². The summed E-state index contributed by atoms with van der Waals surface area (Å²) in [6.45, 7) is 4.18. The van der Waals surface area contributed by atoms with Crippen LogP contribution in [0.1, 0.15) is 35.3 Å². The third kappa shape index (κ3) is 4.12. The summed E-state index contributed by atoms with van der Waals surface area (Å²) in [5, 5.41) is 9.22. The lowest BCUT2D eigenvalue weighted by Gasteiger charge is -2.12. The van der Waals surface area contributed by atoms with Crippen LogP contribution in [-0.2, 0) is 12.6 Å². The molecule has 0 heterocycles. The number of alkyl halides is 3. The molecule has 0 unspecified atom stereocenters. The summed E-state index contributed by atoms with van der Waals surface area (Å²) < 4.78 is 38.2. The zero-order valence-corrected chi connectivity index (χ0v) is 12.8. The number of benzene rings is 2. The molecule has 0 bridgehead atoms. The van der Waals surface area contributed by atoms with Gasteiger partial charge in [0.1, 0.15) is 0 Å². The Bertz CT molecular complexity index is 701. The highest BCUT2D eigenvalue weighted by molar-refractivity contribution is 5.96. The van der Waals surface area contributed by atoms with E-state index in [4.69, 9.17) is 0 Å². The maximum Gasteiger partial charge on any atom is 0.416 e. The normalized spacial score (nSPS) is 11.7. The van der Waals surface area contributed by atoms with Crippen LogP contribution in [0.4, 0.5) is 13.2 Å². The molecule has 0 aromatic heterocycles. The molecule has 5 heteroatoms. The largest absolute Gasteiger partial charge is 0.478 e. The van der Waals surface area contributed by atoms with Crippen LogP contribution in [0.5, 0.6) is 0 Å². The number of hydrogen-bond acceptors (Lipinski definition) is 1. The molecule has 0 atom stereocenters. The molecule has 0 saturated carbocycles. The number of carboxylic acid groups (broad SMARTS) is 1. The number of hydrogen-bond donors (Lipinski definition) is 1. The van der Waals surface area contributed by atoms with E-state index < -0.39 is 17.7 Å². The summed E-state index contributed by atoms with van der Waals surface area (Å²) in [5.74, 6) is -0.890. The van der Waals surface area contributed by atoms with Gasteiger partial charge in [-0.3, -0.25) is 0 Å². The highest BCUT2D eigenvalue weighted by atomic mass is 19.4. The first-order valence-corrected chi connectivity index (χ1v) is 7.22. The van der Waals surface area contributed by atoms with E-state index in [2.05, 4.69) is 13.8 Å². The first-order valence-electron chi connectivity index (χ1n) is 7.22. The zero-order valence-electron chi connectivity index (χ0n) is 12.8. The van der Waals surface area contributed by atoms with Crippen LogP contribution in [0.25, 0.3) is 11.1 Å². The molecular formula is C18H17F3O2. The van der Waals surface area contributed by atoms with Gasteiger partial charge < -0.3 is 5.11 Å². The molecule has 0 amide bonds. The molecule has 0 aliphatic rings. The summed E-state index contributed by atoms with van der Waals surface area (Å²) in [5.41, 5.74) is 0.657. The predicted molar refractivity (Wildman–Crippen MR) is 82.4 cm³/mol. The van der Waals surface area contributed by atoms with Crippen molar-refractivity contribution >= 4 is 5.97 Å². The lowest BCUT2D eigenvalue weighted by molar-refractivity contribution is -0.137. The van der Waals surface area contributed by atoms with E-state index in [9.17, 15) is 23.1 Å². The van der Waals surface area contributed by atoms with Gasteiger partial charge >= 0.3 is 12.1 Å². The number of carbonyl (C=O) groups is 1. The van der Waals surface area contributed by atoms with Crippen LogP contribution < -0.4 is 0 Å². The summed E-state index contributed by atoms with van der Waals surface area (Å²) in [4.78, 5) is 11.3. The highest BCUT2D eigenvalue weighted by Crippen LogP contribution is 2.33. The van der Waals surface area contributed by atoms with Crippen molar-refractivity contribution in [2.24, 2.45) is 5.92 Å². The summed E-state index contributed by atoms with van der Waals surface area (Å²) >= 11 is 0. The summed E-state index contributed by atoms with van der Waals surface area (Å²) in [7, 11) is 0. The Morgan fingerprint density at radius 1 is 1.09 bits per heavy atom. The standard InChI is InChI=1S/C18H17F3O2/c1-11(2)9-12-3-5-13(6-4-12)15-8-7-14(18(19,20)21)10-16(15)17(22)23/h3-8,10-11H,9H2,1-2H3,(H,22,23). The maximum absolute atomic E-state index is 12.7. The van der Waals surface area contributed by atoms with Gasteiger partial charge in [-0.25, -0.2) is 4.79 Å². The van der Waals surface area contributed by atoms with Crippen molar-refractivity contribution < 1.29 is 23.1 Å². The Morgan fingerprint density at radius 2 is 1.70 bits per heavy atom. The van der Waals surface area contributed by atoms with Gasteiger partial charge in [-0.2, -0.15) is 13.2 Å². The molecule has 122 valence electrons. The van der Waals surface area contributed by atoms with Crippen LogP contribution in [-0.4, -0.2) is 11.1 Å². The SMILES string of the molecule is CC(C)Cc1ccc(-c2ccc(C(F)(F)F)cc2C(=O)O)cc1. The van der Waals surface area contributed by atoms with Crippen molar-refractivity contribution in [1.82, 2.24) is 0 Å². The van der Waals surface area contributed by atoms with Gasteiger partial charge in [-0.05, 0) is 41.2 Å². The molecule has 0 saturated heterocycles. The van der Waals surface area contributed by atoms with E-state index in [0.717, 1.165) is 18.1 Å². The van der Waals surface area contributed by atoms with Crippen LogP contribution in [0.2, 0.25) is 0 Å². The van der Waals surface area contributed by atoms with E-state index in [1.165, 1.54) is 6.07 Å². The Balaban J connectivity index is 2.44. The molecule has 0 aliphatic heterocycles. The number of carboxylic acids is 1. The van der Waals surface area contributed by atoms with Crippen LogP contribution >= 0.6 is 0 Å². The van der Waals surface area contributed by atoms with Gasteiger partial charge in [0, 0.05) is 0 Å². The Labute approximate surface area is 132 Å². The minimum absolute atomic E-state index is 0.279. The fraction of sp³-hybridized carbons (Fsp3) is 0.278. The molecule has 0 aliphatic carbocycles. The van der Waals surface area contributed by atoms with Crippen molar-refractivity contribution in [2.75, 3.05) is 0 Å². The average molecular weight is 322 g/mol. The monoisotopic (exact) mass is 322 g/mol. The molecule has 0 radical (unpaired) electrons.